The van der Waals surface area contributed by atoms with Crippen LogP contribution in [-0.2, 0) is 16.0 Å². The molecule has 2 aliphatic heterocycles. The van der Waals surface area contributed by atoms with E-state index in [1.54, 1.807) is 24.4 Å². The summed E-state index contributed by atoms with van der Waals surface area (Å²) in [5.41, 5.74) is 11.0. The number of anilines is 1. The van der Waals surface area contributed by atoms with E-state index in [-0.39, 0.29) is 17.8 Å². The summed E-state index contributed by atoms with van der Waals surface area (Å²) in [4.78, 5) is 31.2. The van der Waals surface area contributed by atoms with E-state index in [2.05, 4.69) is 11.1 Å². The van der Waals surface area contributed by atoms with E-state index in [9.17, 15) is 9.59 Å². The van der Waals surface area contributed by atoms with E-state index in [4.69, 9.17) is 26.8 Å². The fourth-order valence-corrected chi connectivity index (χ4v) is 5.11. The number of nitrogens with two attached hydrogens (primary N) is 1. The Hall–Kier alpha value is -3.68. The highest BCUT2D eigenvalue weighted by Gasteiger charge is 2.27. The first-order chi connectivity index (χ1) is 18.4. The largest absolute Gasteiger partial charge is 0.488 e. The molecule has 1 saturated heterocycles. The molecule has 1 aromatic heterocycles. The third kappa shape index (κ3) is 5.90. The number of aryl methyl sites for hydroxylation is 1. The van der Waals surface area contributed by atoms with Crippen molar-refractivity contribution in [1.29, 1.82) is 0 Å². The van der Waals surface area contributed by atoms with Crippen LogP contribution in [0.4, 0.5) is 5.82 Å². The fourth-order valence-electron chi connectivity index (χ4n) is 4.83. The third-order valence-electron chi connectivity index (χ3n) is 6.92. The zero-order chi connectivity index (χ0) is 26.6. The minimum absolute atomic E-state index is 0.0235. The number of carbonyl (C=O) groups is 2. The normalized spacial score (nSPS) is 16.9. The van der Waals surface area contributed by atoms with Crippen LogP contribution >= 0.6 is 11.6 Å². The Balaban J connectivity index is 1.22. The number of fused-ring (bicyclic) bond motifs is 1. The van der Waals surface area contributed by atoms with Crippen LogP contribution in [0.25, 0.3) is 17.2 Å². The number of aromatic nitrogens is 1. The van der Waals surface area contributed by atoms with E-state index in [1.807, 2.05) is 42.2 Å². The average molecular weight is 532 g/mol. The molecule has 0 bridgehead atoms. The number of carbonyl (C=O) groups excluding carboxylic acids is 2. The summed E-state index contributed by atoms with van der Waals surface area (Å²) in [7, 11) is 0. The second kappa shape index (κ2) is 11.4. The van der Waals surface area contributed by atoms with E-state index in [1.165, 1.54) is 0 Å². The molecular formula is C30H30ClN3O4. The molecule has 1 amide bonds. The Bertz CT molecular complexity index is 1380. The number of ketones is 1. The van der Waals surface area contributed by atoms with Gasteiger partial charge in [0.2, 0.25) is 0 Å². The molecule has 2 N–H and O–H groups in total. The van der Waals surface area contributed by atoms with Gasteiger partial charge in [-0.2, -0.15) is 0 Å². The number of amides is 1. The minimum atomic E-state index is -0.108. The summed E-state index contributed by atoms with van der Waals surface area (Å²) in [6, 6.07) is 13.4. The molecule has 196 valence electrons. The van der Waals surface area contributed by atoms with Crippen LogP contribution in [0.3, 0.4) is 0 Å². The Morgan fingerprint density at radius 1 is 1.13 bits per heavy atom. The SMILES string of the molecule is Cc1cc(-c2cc(Cl)c3c(c2)CC(CCC(=O)/C=C/c2ccc(N)nc2)O3)ccc1C(=O)N1CCOCC1. The van der Waals surface area contributed by atoms with Crippen LogP contribution in [-0.4, -0.2) is 54.0 Å². The minimum Gasteiger partial charge on any atom is -0.488 e. The Morgan fingerprint density at radius 2 is 1.95 bits per heavy atom. The van der Waals surface area contributed by atoms with Crippen LogP contribution in [0, 0.1) is 6.92 Å². The van der Waals surface area contributed by atoms with Crippen molar-refractivity contribution >= 4 is 35.2 Å². The number of morpholine rings is 1. The lowest BCUT2D eigenvalue weighted by Crippen LogP contribution is -2.40. The second-order valence-electron chi connectivity index (χ2n) is 9.68. The van der Waals surface area contributed by atoms with E-state index >= 15 is 0 Å². The predicted octanol–water partition coefficient (Wildman–Crippen LogP) is 5.13. The van der Waals surface area contributed by atoms with Gasteiger partial charge in [-0.15, -0.1) is 0 Å². The number of hydrogen-bond acceptors (Lipinski definition) is 6. The highest BCUT2D eigenvalue weighted by atomic mass is 35.5. The van der Waals surface area contributed by atoms with Gasteiger partial charge in [-0.3, -0.25) is 9.59 Å². The van der Waals surface area contributed by atoms with Crippen LogP contribution in [0.1, 0.15) is 39.9 Å². The van der Waals surface area contributed by atoms with E-state index < -0.39 is 0 Å². The zero-order valence-electron chi connectivity index (χ0n) is 21.3. The lowest BCUT2D eigenvalue weighted by molar-refractivity contribution is -0.115. The molecule has 0 radical (unpaired) electrons. The highest BCUT2D eigenvalue weighted by molar-refractivity contribution is 6.32. The number of halogens is 1. The molecule has 2 aliphatic rings. The molecule has 8 heteroatoms. The van der Waals surface area contributed by atoms with Crippen molar-refractivity contribution in [3.63, 3.8) is 0 Å². The number of rotatable bonds is 7. The van der Waals surface area contributed by atoms with Crippen LogP contribution in [0.5, 0.6) is 5.75 Å². The van der Waals surface area contributed by atoms with Crippen LogP contribution in [0.2, 0.25) is 5.02 Å². The standard InChI is InChI=1S/C30H30ClN3O4/c1-19-14-21(4-8-26(19)30(36)34-10-12-37-13-11-34)22-15-23-16-25(38-29(23)27(31)17-22)7-6-24(35)5-2-20-3-9-28(32)33-18-20/h2-5,8-9,14-15,17-18,25H,6-7,10-13,16H2,1H3,(H2,32,33)/b5-2+. The molecule has 3 aromatic rings. The summed E-state index contributed by atoms with van der Waals surface area (Å²) in [5, 5.41) is 0.549. The van der Waals surface area contributed by atoms with Crippen molar-refractivity contribution in [2.75, 3.05) is 32.0 Å². The summed E-state index contributed by atoms with van der Waals surface area (Å²) in [6.07, 6.45) is 6.49. The molecule has 0 saturated carbocycles. The molecule has 0 aliphatic carbocycles. The number of ether oxygens (including phenoxy) is 2. The van der Waals surface area contributed by atoms with Gasteiger partial charge in [0.25, 0.3) is 5.91 Å². The molecule has 5 rings (SSSR count). The Labute approximate surface area is 227 Å². The summed E-state index contributed by atoms with van der Waals surface area (Å²) < 4.78 is 11.5. The van der Waals surface area contributed by atoms with Gasteiger partial charge < -0.3 is 20.1 Å². The van der Waals surface area contributed by atoms with Crippen molar-refractivity contribution in [2.24, 2.45) is 0 Å². The molecule has 38 heavy (non-hydrogen) atoms. The predicted molar refractivity (Wildman–Crippen MR) is 148 cm³/mol. The maximum Gasteiger partial charge on any atom is 0.254 e. The molecule has 2 aromatic carbocycles. The molecule has 1 fully saturated rings. The van der Waals surface area contributed by atoms with Gasteiger partial charge in [0.15, 0.2) is 5.78 Å². The molecule has 3 heterocycles. The Kier molecular flexibility index (Phi) is 7.77. The van der Waals surface area contributed by atoms with Crippen molar-refractivity contribution in [2.45, 2.75) is 32.3 Å². The average Bonchev–Trinajstić information content (AvgIpc) is 3.35. The lowest BCUT2D eigenvalue weighted by atomic mass is 9.96. The van der Waals surface area contributed by atoms with Crippen LogP contribution < -0.4 is 10.5 Å². The summed E-state index contributed by atoms with van der Waals surface area (Å²) in [6.45, 7) is 4.34. The van der Waals surface area contributed by atoms with Crippen molar-refractivity contribution in [1.82, 2.24) is 9.88 Å². The topological polar surface area (TPSA) is 94.8 Å². The van der Waals surface area contributed by atoms with Gasteiger partial charge in [0, 0.05) is 37.7 Å². The van der Waals surface area contributed by atoms with Crippen molar-refractivity contribution in [3.8, 4) is 16.9 Å². The molecule has 1 unspecified atom stereocenters. The highest BCUT2D eigenvalue weighted by Crippen LogP contribution is 2.40. The van der Waals surface area contributed by atoms with E-state index in [0.717, 1.165) is 27.8 Å². The number of allylic oxidation sites excluding steroid dienone is 1. The molecule has 0 spiro atoms. The molecule has 7 nitrogen and oxygen atoms in total. The zero-order valence-corrected chi connectivity index (χ0v) is 22.0. The molecule has 1 atom stereocenters. The summed E-state index contributed by atoms with van der Waals surface area (Å²) in [5.74, 6) is 1.19. The van der Waals surface area contributed by atoms with Crippen molar-refractivity contribution < 1.29 is 19.1 Å². The van der Waals surface area contributed by atoms with Crippen LogP contribution in [0.15, 0.2) is 54.7 Å². The smallest absolute Gasteiger partial charge is 0.254 e. The Morgan fingerprint density at radius 3 is 2.68 bits per heavy atom. The fraction of sp³-hybridized carbons (Fsp3) is 0.300. The van der Waals surface area contributed by atoms with Gasteiger partial charge in [0.1, 0.15) is 17.7 Å². The molecular weight excluding hydrogens is 502 g/mol. The van der Waals surface area contributed by atoms with Gasteiger partial charge in [-0.25, -0.2) is 4.98 Å². The first kappa shape index (κ1) is 25.9. The summed E-state index contributed by atoms with van der Waals surface area (Å²) >= 11 is 6.61. The monoisotopic (exact) mass is 531 g/mol. The van der Waals surface area contributed by atoms with Crippen molar-refractivity contribution in [3.05, 3.63) is 82.0 Å². The number of nitrogen functional groups attached to an aromatic ring is 1. The second-order valence-corrected chi connectivity index (χ2v) is 10.1. The number of hydrogen-bond donors (Lipinski definition) is 1. The van der Waals surface area contributed by atoms with Gasteiger partial charge in [0.05, 0.1) is 18.2 Å². The third-order valence-corrected chi connectivity index (χ3v) is 7.21. The first-order valence-corrected chi connectivity index (χ1v) is 13.1. The maximum absolute atomic E-state index is 12.9. The number of pyridine rings is 1. The van der Waals surface area contributed by atoms with Gasteiger partial charge >= 0.3 is 0 Å². The number of benzene rings is 2. The quantitative estimate of drug-likeness (QED) is 0.425. The van der Waals surface area contributed by atoms with Gasteiger partial charge in [-0.05, 0) is 83.6 Å². The lowest BCUT2D eigenvalue weighted by Gasteiger charge is -2.27. The van der Waals surface area contributed by atoms with E-state index in [0.29, 0.717) is 67.7 Å². The number of nitrogens with zero attached hydrogens (tertiary/aromatic N) is 2. The first-order valence-electron chi connectivity index (χ1n) is 12.8. The van der Waals surface area contributed by atoms with Gasteiger partial charge in [-0.1, -0.05) is 23.7 Å². The maximum atomic E-state index is 12.9.